The zero-order valence-electron chi connectivity index (χ0n) is 13.8. The minimum absolute atomic E-state index is 0.0363. The Morgan fingerprint density at radius 3 is 2.48 bits per heavy atom. The van der Waals surface area contributed by atoms with Crippen LogP contribution in [0.15, 0.2) is 0 Å². The number of hydrogen-bond donors (Lipinski definition) is 2. The summed E-state index contributed by atoms with van der Waals surface area (Å²) in [6, 6.07) is 0. The van der Waals surface area contributed by atoms with Gasteiger partial charge in [-0.25, -0.2) is 0 Å². The van der Waals surface area contributed by atoms with Crippen molar-refractivity contribution in [1.29, 1.82) is 0 Å². The van der Waals surface area contributed by atoms with Crippen LogP contribution in [-0.2, 0) is 0 Å². The molecule has 4 rings (SSSR count). The van der Waals surface area contributed by atoms with E-state index in [0.717, 1.165) is 18.8 Å². The molecule has 0 radical (unpaired) electrons. The van der Waals surface area contributed by atoms with Crippen molar-refractivity contribution in [3.05, 3.63) is 0 Å². The Hall–Kier alpha value is -0.0800. The van der Waals surface area contributed by atoms with Gasteiger partial charge in [-0.05, 0) is 73.5 Å². The molecule has 4 saturated carbocycles. The fraction of sp³-hybridized carbons (Fsp3) is 1.00. The normalized spacial score (nSPS) is 60.0. The van der Waals surface area contributed by atoms with E-state index in [1.807, 2.05) is 0 Å². The average molecular weight is 292 g/mol. The second-order valence-electron chi connectivity index (χ2n) is 9.32. The van der Waals surface area contributed by atoms with Gasteiger partial charge >= 0.3 is 0 Å². The third-order valence-electron chi connectivity index (χ3n) is 8.51. The largest absolute Gasteiger partial charge is 0.393 e. The molecule has 2 N–H and O–H groups in total. The summed E-state index contributed by atoms with van der Waals surface area (Å²) in [4.78, 5) is 0. The predicted molar refractivity (Wildman–Crippen MR) is 83.8 cm³/mol. The molecule has 21 heavy (non-hydrogen) atoms. The summed E-state index contributed by atoms with van der Waals surface area (Å²) in [6.07, 6.45) is 11.6. The Bertz CT molecular complexity index is 435. The molecule has 0 saturated heterocycles. The molecule has 120 valence electrons. The summed E-state index contributed by atoms with van der Waals surface area (Å²) in [6.45, 7) is 4.78. The van der Waals surface area contributed by atoms with Gasteiger partial charge in [0.25, 0.3) is 0 Å². The van der Waals surface area contributed by atoms with Crippen molar-refractivity contribution in [1.82, 2.24) is 0 Å². The lowest BCUT2D eigenvalue weighted by Crippen LogP contribution is -2.60. The zero-order chi connectivity index (χ0) is 14.9. The Morgan fingerprint density at radius 2 is 1.67 bits per heavy atom. The van der Waals surface area contributed by atoms with E-state index in [9.17, 15) is 10.2 Å². The van der Waals surface area contributed by atoms with Crippen molar-refractivity contribution in [2.24, 2.45) is 28.6 Å². The number of aliphatic hydroxyl groups is 2. The fourth-order valence-electron chi connectivity index (χ4n) is 7.30. The Morgan fingerprint density at radius 1 is 0.857 bits per heavy atom. The predicted octanol–water partition coefficient (Wildman–Crippen LogP) is 3.90. The second-order valence-corrected chi connectivity index (χ2v) is 9.32. The number of hydrogen-bond acceptors (Lipinski definition) is 2. The topological polar surface area (TPSA) is 40.5 Å². The molecular weight excluding hydrogens is 260 g/mol. The molecule has 4 aliphatic carbocycles. The molecule has 0 amide bonds. The number of rotatable bonds is 0. The van der Waals surface area contributed by atoms with Gasteiger partial charge in [-0.1, -0.05) is 26.7 Å². The fourth-order valence-corrected chi connectivity index (χ4v) is 7.30. The van der Waals surface area contributed by atoms with Crippen LogP contribution in [0.3, 0.4) is 0 Å². The van der Waals surface area contributed by atoms with Gasteiger partial charge in [-0.2, -0.15) is 0 Å². The highest BCUT2D eigenvalue weighted by Crippen LogP contribution is 2.67. The van der Waals surface area contributed by atoms with E-state index in [1.54, 1.807) is 0 Å². The van der Waals surface area contributed by atoms with Crippen molar-refractivity contribution in [2.75, 3.05) is 0 Å². The highest BCUT2D eigenvalue weighted by molar-refractivity contribution is 5.15. The summed E-state index contributed by atoms with van der Waals surface area (Å²) in [5.74, 6) is 2.03. The van der Waals surface area contributed by atoms with Crippen LogP contribution in [0.2, 0.25) is 0 Å². The van der Waals surface area contributed by atoms with Gasteiger partial charge in [-0.3, -0.25) is 0 Å². The van der Waals surface area contributed by atoms with Gasteiger partial charge < -0.3 is 10.2 Å². The van der Waals surface area contributed by atoms with E-state index in [-0.39, 0.29) is 11.5 Å². The summed E-state index contributed by atoms with van der Waals surface area (Å²) in [5, 5.41) is 21.8. The molecule has 0 aromatic heterocycles. The van der Waals surface area contributed by atoms with Crippen LogP contribution in [0.4, 0.5) is 0 Å². The Labute approximate surface area is 129 Å². The molecule has 0 aliphatic heterocycles. The molecule has 0 heterocycles. The standard InChI is InChI=1S/C19H32O2/c1-17-10-8-15-16(19(17,21)12-14(20)11-17)7-6-13-5-3-4-9-18(13,15)2/h13-16,20-21H,3-12H2,1-2H3/t13?,14-,15-,16+,17+,18-,19-/m0/s1. The minimum Gasteiger partial charge on any atom is -0.393 e. The lowest BCUT2D eigenvalue weighted by Gasteiger charge is -2.62. The lowest BCUT2D eigenvalue weighted by atomic mass is 9.44. The second kappa shape index (κ2) is 4.47. The molecular formula is C19H32O2. The molecule has 1 unspecified atom stereocenters. The molecule has 2 heteroatoms. The van der Waals surface area contributed by atoms with Gasteiger partial charge in [-0.15, -0.1) is 0 Å². The van der Waals surface area contributed by atoms with Crippen LogP contribution in [0.1, 0.15) is 78.1 Å². The maximum absolute atomic E-state index is 11.6. The van der Waals surface area contributed by atoms with E-state index in [1.165, 1.54) is 44.9 Å². The molecule has 4 aliphatic rings. The summed E-state index contributed by atoms with van der Waals surface area (Å²) >= 11 is 0. The summed E-state index contributed by atoms with van der Waals surface area (Å²) in [7, 11) is 0. The zero-order valence-corrected chi connectivity index (χ0v) is 13.8. The van der Waals surface area contributed by atoms with Gasteiger partial charge in [0.2, 0.25) is 0 Å². The molecule has 4 fully saturated rings. The quantitative estimate of drug-likeness (QED) is 0.711. The van der Waals surface area contributed by atoms with Crippen molar-refractivity contribution >= 4 is 0 Å². The minimum atomic E-state index is -0.596. The first-order valence-electron chi connectivity index (χ1n) is 9.29. The van der Waals surface area contributed by atoms with E-state index >= 15 is 0 Å². The Kier molecular flexibility index (Phi) is 3.09. The molecule has 0 aromatic carbocycles. The van der Waals surface area contributed by atoms with Gasteiger partial charge in [0.15, 0.2) is 0 Å². The number of fused-ring (bicyclic) bond motifs is 5. The molecule has 2 nitrogen and oxygen atoms in total. The van der Waals surface area contributed by atoms with E-state index in [2.05, 4.69) is 13.8 Å². The van der Waals surface area contributed by atoms with Crippen molar-refractivity contribution in [2.45, 2.75) is 89.8 Å². The first kappa shape index (κ1) is 14.5. The van der Waals surface area contributed by atoms with Crippen molar-refractivity contribution < 1.29 is 10.2 Å². The molecule has 0 aromatic rings. The van der Waals surface area contributed by atoms with E-state index in [4.69, 9.17) is 0 Å². The van der Waals surface area contributed by atoms with Crippen molar-refractivity contribution in [3.8, 4) is 0 Å². The van der Waals surface area contributed by atoms with Crippen LogP contribution < -0.4 is 0 Å². The van der Waals surface area contributed by atoms with Crippen LogP contribution in [0, 0.1) is 28.6 Å². The summed E-state index contributed by atoms with van der Waals surface area (Å²) < 4.78 is 0. The number of aliphatic hydroxyl groups excluding tert-OH is 1. The van der Waals surface area contributed by atoms with E-state index < -0.39 is 5.60 Å². The van der Waals surface area contributed by atoms with Gasteiger partial charge in [0, 0.05) is 6.42 Å². The maximum atomic E-state index is 11.6. The maximum Gasteiger partial charge on any atom is 0.0757 e. The first-order chi connectivity index (χ1) is 9.89. The monoisotopic (exact) mass is 292 g/mol. The molecule has 0 spiro atoms. The van der Waals surface area contributed by atoms with Gasteiger partial charge in [0.1, 0.15) is 0 Å². The lowest BCUT2D eigenvalue weighted by molar-refractivity contribution is -0.198. The SMILES string of the molecule is C[C@]12CC[C@H]3[C@@H](CCC4CCCC[C@@]43C)[C@@]1(O)C[C@@H](O)C2. The smallest absolute Gasteiger partial charge is 0.0757 e. The summed E-state index contributed by atoms with van der Waals surface area (Å²) in [5.41, 5.74) is -0.169. The van der Waals surface area contributed by atoms with Crippen molar-refractivity contribution in [3.63, 3.8) is 0 Å². The van der Waals surface area contributed by atoms with Crippen LogP contribution in [0.5, 0.6) is 0 Å². The third kappa shape index (κ3) is 1.78. The van der Waals surface area contributed by atoms with Crippen LogP contribution in [0.25, 0.3) is 0 Å². The van der Waals surface area contributed by atoms with Crippen LogP contribution >= 0.6 is 0 Å². The van der Waals surface area contributed by atoms with Crippen LogP contribution in [-0.4, -0.2) is 21.9 Å². The molecule has 0 bridgehead atoms. The molecule has 7 atom stereocenters. The van der Waals surface area contributed by atoms with Gasteiger partial charge in [0.05, 0.1) is 11.7 Å². The highest BCUT2D eigenvalue weighted by Gasteiger charge is 2.65. The first-order valence-corrected chi connectivity index (χ1v) is 9.29. The highest BCUT2D eigenvalue weighted by atomic mass is 16.3. The third-order valence-corrected chi connectivity index (χ3v) is 8.51. The average Bonchev–Trinajstić information content (AvgIpc) is 2.67. The van der Waals surface area contributed by atoms with E-state index in [0.29, 0.717) is 23.7 Å². The Balaban J connectivity index is 1.70.